The highest BCUT2D eigenvalue weighted by Crippen LogP contribution is 2.07. The lowest BCUT2D eigenvalue weighted by Gasteiger charge is -2.09. The third-order valence-corrected chi connectivity index (χ3v) is 2.41. The molecule has 7 heteroatoms. The molecule has 0 saturated heterocycles. The molecule has 0 aliphatic heterocycles. The summed E-state index contributed by atoms with van der Waals surface area (Å²) in [5, 5.41) is 14.6. The molecule has 2 heterocycles. The minimum absolute atomic E-state index is 0.176. The maximum Gasteiger partial charge on any atom is 0.273 e. The van der Waals surface area contributed by atoms with Crippen LogP contribution in [0.15, 0.2) is 22.7 Å². The van der Waals surface area contributed by atoms with Crippen molar-refractivity contribution in [1.29, 1.82) is 0 Å². The normalized spacial score (nSPS) is 10.3. The lowest BCUT2D eigenvalue weighted by molar-refractivity contribution is 0.0821. The van der Waals surface area contributed by atoms with Gasteiger partial charge in [-0.1, -0.05) is 5.16 Å². The van der Waals surface area contributed by atoms with Gasteiger partial charge in [-0.15, -0.1) is 10.2 Å². The van der Waals surface area contributed by atoms with Crippen molar-refractivity contribution >= 4 is 11.7 Å². The van der Waals surface area contributed by atoms with E-state index in [1.165, 1.54) is 4.90 Å². The molecule has 0 aliphatic carbocycles. The number of nitrogens with one attached hydrogen (secondary N) is 1. The Balaban J connectivity index is 1.97. The van der Waals surface area contributed by atoms with E-state index in [9.17, 15) is 4.79 Å². The highest BCUT2D eigenvalue weighted by atomic mass is 16.5. The SMILES string of the molecule is Cc1cc(CNc2ccc(C(=O)N(C)C)nn2)on1. The monoisotopic (exact) mass is 261 g/mol. The Morgan fingerprint density at radius 1 is 1.37 bits per heavy atom. The van der Waals surface area contributed by atoms with Crippen LogP contribution in [0.3, 0.4) is 0 Å². The van der Waals surface area contributed by atoms with Crippen molar-refractivity contribution in [2.24, 2.45) is 0 Å². The molecular weight excluding hydrogens is 246 g/mol. The molecule has 1 N–H and O–H groups in total. The number of carbonyl (C=O) groups excluding carboxylic acids is 1. The van der Waals surface area contributed by atoms with Crippen molar-refractivity contribution in [3.63, 3.8) is 0 Å². The van der Waals surface area contributed by atoms with Crippen LogP contribution < -0.4 is 5.32 Å². The Morgan fingerprint density at radius 2 is 2.16 bits per heavy atom. The first-order valence-electron chi connectivity index (χ1n) is 5.77. The zero-order chi connectivity index (χ0) is 13.8. The van der Waals surface area contributed by atoms with Crippen LogP contribution in [0.4, 0.5) is 5.82 Å². The van der Waals surface area contributed by atoms with Crippen LogP contribution in [0.2, 0.25) is 0 Å². The highest BCUT2D eigenvalue weighted by molar-refractivity contribution is 5.91. The van der Waals surface area contributed by atoms with Crippen LogP contribution >= 0.6 is 0 Å². The van der Waals surface area contributed by atoms with Crippen molar-refractivity contribution in [2.75, 3.05) is 19.4 Å². The Bertz CT molecular complexity index is 562. The first-order chi connectivity index (χ1) is 9.06. The maximum absolute atomic E-state index is 11.6. The average molecular weight is 261 g/mol. The van der Waals surface area contributed by atoms with E-state index in [4.69, 9.17) is 4.52 Å². The predicted molar refractivity (Wildman–Crippen MR) is 68.6 cm³/mol. The minimum Gasteiger partial charge on any atom is -0.361 e. The molecule has 0 bridgehead atoms. The molecule has 0 spiro atoms. The molecule has 0 atom stereocenters. The van der Waals surface area contributed by atoms with Gasteiger partial charge in [0.1, 0.15) is 5.82 Å². The van der Waals surface area contributed by atoms with E-state index in [0.29, 0.717) is 23.8 Å². The molecule has 100 valence electrons. The quantitative estimate of drug-likeness (QED) is 0.886. The number of hydrogen-bond acceptors (Lipinski definition) is 6. The third-order valence-electron chi connectivity index (χ3n) is 2.41. The van der Waals surface area contributed by atoms with Crippen molar-refractivity contribution < 1.29 is 9.32 Å². The van der Waals surface area contributed by atoms with E-state index in [1.807, 2.05) is 13.0 Å². The largest absolute Gasteiger partial charge is 0.361 e. The number of rotatable bonds is 4. The first kappa shape index (κ1) is 13.0. The predicted octanol–water partition coefficient (Wildman–Crippen LogP) is 1.09. The van der Waals surface area contributed by atoms with E-state index in [-0.39, 0.29) is 5.91 Å². The molecule has 2 aromatic rings. The van der Waals surface area contributed by atoms with E-state index < -0.39 is 0 Å². The van der Waals surface area contributed by atoms with Crippen molar-refractivity contribution in [2.45, 2.75) is 13.5 Å². The minimum atomic E-state index is -0.176. The van der Waals surface area contributed by atoms with Gasteiger partial charge in [0.2, 0.25) is 0 Å². The van der Waals surface area contributed by atoms with Crippen LogP contribution in [-0.4, -0.2) is 40.3 Å². The molecule has 0 unspecified atom stereocenters. The Morgan fingerprint density at radius 3 is 2.68 bits per heavy atom. The van der Waals surface area contributed by atoms with E-state index in [1.54, 1.807) is 26.2 Å². The summed E-state index contributed by atoms with van der Waals surface area (Å²) in [4.78, 5) is 13.1. The van der Waals surface area contributed by atoms with Crippen LogP contribution in [0.1, 0.15) is 21.9 Å². The van der Waals surface area contributed by atoms with Gasteiger partial charge in [-0.3, -0.25) is 4.79 Å². The van der Waals surface area contributed by atoms with Gasteiger partial charge in [-0.2, -0.15) is 0 Å². The number of carbonyl (C=O) groups is 1. The van der Waals surface area contributed by atoms with Gasteiger partial charge in [0, 0.05) is 20.2 Å². The van der Waals surface area contributed by atoms with Gasteiger partial charge >= 0.3 is 0 Å². The number of amides is 1. The molecule has 0 aromatic carbocycles. The van der Waals surface area contributed by atoms with Crippen molar-refractivity contribution in [3.05, 3.63) is 35.3 Å². The average Bonchev–Trinajstić information content (AvgIpc) is 2.82. The first-order valence-corrected chi connectivity index (χ1v) is 5.77. The summed E-state index contributed by atoms with van der Waals surface area (Å²) in [6.07, 6.45) is 0. The lowest BCUT2D eigenvalue weighted by atomic mass is 10.3. The van der Waals surface area contributed by atoms with Crippen LogP contribution in [0.5, 0.6) is 0 Å². The summed E-state index contributed by atoms with van der Waals surface area (Å²) in [6.45, 7) is 2.32. The number of hydrogen-bond donors (Lipinski definition) is 1. The summed E-state index contributed by atoms with van der Waals surface area (Å²) in [5.41, 5.74) is 1.14. The third kappa shape index (κ3) is 3.27. The molecule has 19 heavy (non-hydrogen) atoms. The Hall–Kier alpha value is -2.44. The van der Waals surface area contributed by atoms with E-state index >= 15 is 0 Å². The number of nitrogens with zero attached hydrogens (tertiary/aromatic N) is 4. The van der Waals surface area contributed by atoms with Crippen molar-refractivity contribution in [1.82, 2.24) is 20.3 Å². The van der Waals surface area contributed by atoms with Gasteiger partial charge in [0.25, 0.3) is 5.91 Å². The number of aryl methyl sites for hydroxylation is 1. The topological polar surface area (TPSA) is 84.2 Å². The van der Waals surface area contributed by atoms with Crippen LogP contribution in [0, 0.1) is 6.92 Å². The van der Waals surface area contributed by atoms with Crippen molar-refractivity contribution in [3.8, 4) is 0 Å². The van der Waals surface area contributed by atoms with Gasteiger partial charge in [-0.05, 0) is 19.1 Å². The lowest BCUT2D eigenvalue weighted by Crippen LogP contribution is -2.23. The fraction of sp³-hybridized carbons (Fsp3) is 0.333. The Kier molecular flexibility index (Phi) is 3.74. The van der Waals surface area contributed by atoms with Gasteiger partial charge in [0.05, 0.1) is 12.2 Å². The molecule has 0 radical (unpaired) electrons. The second kappa shape index (κ2) is 5.47. The van der Waals surface area contributed by atoms with Crippen LogP contribution in [-0.2, 0) is 6.54 Å². The van der Waals surface area contributed by atoms with Crippen LogP contribution in [0.25, 0.3) is 0 Å². The fourth-order valence-electron chi connectivity index (χ4n) is 1.45. The second-order valence-corrected chi connectivity index (χ2v) is 4.29. The molecule has 1 amide bonds. The second-order valence-electron chi connectivity index (χ2n) is 4.29. The zero-order valence-corrected chi connectivity index (χ0v) is 11.0. The molecule has 2 rings (SSSR count). The molecular formula is C12H15N5O2. The van der Waals surface area contributed by atoms with Gasteiger partial charge in [0.15, 0.2) is 11.5 Å². The fourth-order valence-corrected chi connectivity index (χ4v) is 1.45. The molecule has 0 fully saturated rings. The summed E-state index contributed by atoms with van der Waals surface area (Å²) < 4.78 is 5.06. The summed E-state index contributed by atoms with van der Waals surface area (Å²) in [5.74, 6) is 1.11. The van der Waals surface area contributed by atoms with Gasteiger partial charge in [-0.25, -0.2) is 0 Å². The molecule has 2 aromatic heterocycles. The molecule has 0 saturated carbocycles. The van der Waals surface area contributed by atoms with Gasteiger partial charge < -0.3 is 14.7 Å². The highest BCUT2D eigenvalue weighted by Gasteiger charge is 2.10. The molecule has 0 aliphatic rings. The number of anilines is 1. The Labute approximate surface area is 110 Å². The number of aromatic nitrogens is 3. The summed E-state index contributed by atoms with van der Waals surface area (Å²) in [6, 6.07) is 5.17. The molecule has 7 nitrogen and oxygen atoms in total. The summed E-state index contributed by atoms with van der Waals surface area (Å²) in [7, 11) is 3.34. The summed E-state index contributed by atoms with van der Waals surface area (Å²) >= 11 is 0. The van der Waals surface area contributed by atoms with E-state index in [0.717, 1.165) is 5.69 Å². The zero-order valence-electron chi connectivity index (χ0n) is 11.0. The van der Waals surface area contributed by atoms with E-state index in [2.05, 4.69) is 20.7 Å². The standard InChI is InChI=1S/C12H15N5O2/c1-8-6-9(19-16-8)7-13-11-5-4-10(14-15-11)12(18)17(2)3/h4-6H,7H2,1-3H3,(H,13,15). The maximum atomic E-state index is 11.6. The smallest absolute Gasteiger partial charge is 0.273 e.